The predicted octanol–water partition coefficient (Wildman–Crippen LogP) is 25.8. The minimum Gasteiger partial charge on any atom is -0.0651 e. The Morgan fingerprint density at radius 2 is 0.506 bits per heavy atom. The Balaban J connectivity index is 0.000000580. The van der Waals surface area contributed by atoms with Crippen LogP contribution in [0.3, 0.4) is 0 Å². The molecule has 0 heterocycles. The summed E-state index contributed by atoms with van der Waals surface area (Å²) in [6.07, 6.45) is -25.7. The van der Waals surface area contributed by atoms with Gasteiger partial charge in [0.1, 0.15) is 0 Å². The molecule has 2 aliphatic rings. The van der Waals surface area contributed by atoms with Crippen LogP contribution in [0.4, 0.5) is 0 Å². The van der Waals surface area contributed by atoms with Crippen LogP contribution in [0.1, 0.15) is 231 Å². The summed E-state index contributed by atoms with van der Waals surface area (Å²) in [5.74, 6) is -2.83. The Hall–Kier alpha value is -6.24. The Labute approximate surface area is 551 Å². The Morgan fingerprint density at radius 3 is 0.812 bits per heavy atom. The van der Waals surface area contributed by atoms with Gasteiger partial charge in [0, 0.05) is 24.7 Å². The van der Waals surface area contributed by atoms with E-state index in [-0.39, 0.29) is 12.8 Å². The van der Waals surface area contributed by atoms with Crippen molar-refractivity contribution in [3.8, 4) is 0 Å². The second kappa shape index (κ2) is 43.4. The molecule has 85 heavy (non-hydrogen) atoms. The summed E-state index contributed by atoms with van der Waals surface area (Å²) in [7, 11) is 0. The number of benzene rings is 8. The molecule has 8 aromatic carbocycles. The van der Waals surface area contributed by atoms with E-state index in [1.54, 1.807) is 0 Å². The molecule has 2 fully saturated rings. The van der Waals surface area contributed by atoms with Crippen molar-refractivity contribution in [2.45, 2.75) is 236 Å². The molecule has 0 heteroatoms. The minimum absolute atomic E-state index is 0.0685. The highest BCUT2D eigenvalue weighted by molar-refractivity contribution is 5.43. The standard InChI is InChI=1S/C11H16.C10H14.2C9H12.3C8H10.C8H16.C7H8.C7H14/c1-7-6-8(2)10(4)11(5)9(7)3;1-7-5-8(2)10(4)9(3)6-7;1-7-4-8(2)6-9(3)5-7;1-7-5-4-6-8(2)9(7)3;1-7-3-5-8(2)6-4-7;1-7-4-3-5-8(2)6-7;1-7-5-3-4-6-8(7)2;1-2-8-6-4-3-5-7-8;1-7-5-3-2-4-6-7;1-2-7-5-3-4-6-7/h6H,1-5H3;5-6H,1-4H3;2*4-6H,1-3H3;3*3-6H,1-2H3;8H,2-7H2,1H3;2-6H,1H3;7H,2-6H2,1H3/i;;;;;;;3D2,4D2,5D2,6D2,7D2;;3D2,4D2,5D2,6D2. The van der Waals surface area contributed by atoms with Gasteiger partial charge in [-0.2, -0.15) is 0 Å². The van der Waals surface area contributed by atoms with Gasteiger partial charge in [-0.15, -0.1) is 0 Å². The average molecular weight is 1160 g/mol. The summed E-state index contributed by atoms with van der Waals surface area (Å²) < 4.78 is 137. The highest BCUT2D eigenvalue weighted by atomic mass is 14.2. The smallest absolute Gasteiger partial charge is 0.0269 e. The van der Waals surface area contributed by atoms with Crippen molar-refractivity contribution in [2.24, 2.45) is 11.8 Å². The summed E-state index contributed by atoms with van der Waals surface area (Å²) in [5, 5.41) is 0. The fourth-order valence-electron chi connectivity index (χ4n) is 8.41. The van der Waals surface area contributed by atoms with Crippen molar-refractivity contribution in [2.75, 3.05) is 0 Å². The second-order valence-electron chi connectivity index (χ2n) is 22.8. The van der Waals surface area contributed by atoms with Crippen molar-refractivity contribution < 1.29 is 24.7 Å². The lowest BCUT2D eigenvalue weighted by Gasteiger charge is -2.18. The van der Waals surface area contributed by atoms with Crippen molar-refractivity contribution in [1.82, 2.24) is 0 Å². The van der Waals surface area contributed by atoms with Crippen molar-refractivity contribution >= 4 is 0 Å². The lowest BCUT2D eigenvalue weighted by atomic mass is 9.88. The first-order chi connectivity index (χ1) is 47.0. The van der Waals surface area contributed by atoms with E-state index in [0.29, 0.717) is 0 Å². The van der Waals surface area contributed by atoms with Crippen molar-refractivity contribution in [3.63, 3.8) is 0 Å². The molecule has 0 saturated heterocycles. The molecule has 0 aliphatic heterocycles. The maximum absolute atomic E-state index is 7.72. The zero-order valence-corrected chi connectivity index (χ0v) is 57.1. The van der Waals surface area contributed by atoms with Crippen LogP contribution in [0, 0.1) is 164 Å². The van der Waals surface area contributed by atoms with E-state index in [4.69, 9.17) is 24.7 Å². The van der Waals surface area contributed by atoms with Gasteiger partial charge in [-0.25, -0.2) is 0 Å². The van der Waals surface area contributed by atoms with Crippen LogP contribution in [0.5, 0.6) is 0 Å². The van der Waals surface area contributed by atoms with Gasteiger partial charge < -0.3 is 0 Å². The van der Waals surface area contributed by atoms with Gasteiger partial charge >= 0.3 is 0 Å². The second-order valence-corrected chi connectivity index (χ2v) is 22.8. The maximum atomic E-state index is 7.72. The number of hydrogen-bond donors (Lipinski definition) is 0. The molecule has 0 nitrogen and oxygen atoms in total. The van der Waals surface area contributed by atoms with E-state index in [1.165, 1.54) is 136 Å². The third-order valence-corrected chi connectivity index (χ3v) is 14.8. The summed E-state index contributed by atoms with van der Waals surface area (Å²) in [6, 6.07) is 55.2. The molecule has 2 saturated carbocycles. The SMILES string of the molecule is Cc1cc(C)c(C)c(C)c1.Cc1cc(C)c(C)c(C)c1C.Cc1cc(C)cc(C)c1.Cc1ccc(C)cc1.Cc1cccc(C)c1.Cc1cccc(C)c1C.Cc1ccccc1.Cc1ccccc1C.[2H]C1([2H])C(CC)C([2H])([2H])C([2H])([2H])C([2H])([2H])C1([2H])[2H].[2H]C1([2H])C(CC)C([2H])([2H])C([2H])([2H])C1([2H])[2H]. The first kappa shape index (κ1) is 50.9. The lowest BCUT2D eigenvalue weighted by Crippen LogP contribution is -2.03. The molecule has 0 N–H and O–H groups in total. The molecule has 0 aromatic heterocycles. The highest BCUT2D eigenvalue weighted by Crippen LogP contribution is 2.27. The van der Waals surface area contributed by atoms with Gasteiger partial charge in [0.05, 0.1) is 0 Å². The minimum atomic E-state index is -3.27. The van der Waals surface area contributed by atoms with E-state index in [9.17, 15) is 0 Å². The highest BCUT2D eigenvalue weighted by Gasteiger charge is 2.11. The van der Waals surface area contributed by atoms with Gasteiger partial charge in [-0.05, 0) is 236 Å². The lowest BCUT2D eigenvalue weighted by molar-refractivity contribution is 0.349. The molecular formula is C85H122. The molecule has 2 aliphatic carbocycles. The van der Waals surface area contributed by atoms with Gasteiger partial charge in [0.25, 0.3) is 0 Å². The van der Waals surface area contributed by atoms with Crippen LogP contribution in [0.2, 0.25) is 0 Å². The average Bonchev–Trinajstić information content (AvgIpc) is 1.19. The third-order valence-electron chi connectivity index (χ3n) is 14.8. The normalized spacial score (nSPS) is 20.5. The molecular weight excluding hydrogens is 1020 g/mol. The zero-order valence-electron chi connectivity index (χ0n) is 75.1. The molecule has 0 amide bonds. The molecule has 0 spiro atoms. The van der Waals surface area contributed by atoms with Gasteiger partial charge in [0.2, 0.25) is 0 Å². The number of rotatable bonds is 2. The van der Waals surface area contributed by atoms with E-state index in [0.717, 1.165) is 0 Å². The summed E-state index contributed by atoms with van der Waals surface area (Å²) in [5.41, 5.74) is 30.4. The van der Waals surface area contributed by atoms with Crippen LogP contribution in [0.15, 0.2) is 158 Å². The zero-order chi connectivity index (χ0) is 80.2. The van der Waals surface area contributed by atoms with Crippen LogP contribution in [-0.4, -0.2) is 0 Å². The quantitative estimate of drug-likeness (QED) is 0.162. The van der Waals surface area contributed by atoms with E-state index < -0.39 is 69.2 Å². The van der Waals surface area contributed by atoms with Crippen LogP contribution in [-0.2, 0) is 0 Å². The summed E-state index contributed by atoms with van der Waals surface area (Å²) in [4.78, 5) is 0. The molecule has 8 aromatic rings. The molecule has 10 rings (SSSR count). The first-order valence-electron chi connectivity index (χ1n) is 39.2. The fourth-order valence-corrected chi connectivity index (χ4v) is 8.41. The fraction of sp³-hybridized carbons (Fsp3) is 0.435. The van der Waals surface area contributed by atoms with E-state index in [2.05, 4.69) is 292 Å². The number of aryl methyl sites for hydroxylation is 17. The molecule has 462 valence electrons. The monoisotopic (exact) mass is 1160 g/mol. The van der Waals surface area contributed by atoms with Gasteiger partial charge in [-0.1, -0.05) is 292 Å². The first-order valence-corrected chi connectivity index (χ1v) is 30.2. The molecule has 0 atom stereocenters. The van der Waals surface area contributed by atoms with Gasteiger partial charge in [0.15, 0.2) is 0 Å². The maximum Gasteiger partial charge on any atom is 0.0269 e. The largest absolute Gasteiger partial charge is 0.0651 e. The van der Waals surface area contributed by atoms with Crippen LogP contribution < -0.4 is 0 Å². The van der Waals surface area contributed by atoms with Crippen molar-refractivity contribution in [1.29, 1.82) is 0 Å². The number of hydrogen-bond acceptors (Lipinski definition) is 0. The van der Waals surface area contributed by atoms with Crippen LogP contribution >= 0.6 is 0 Å². The Kier molecular flexibility index (Phi) is 26.0. The third kappa shape index (κ3) is 34.5. The summed E-state index contributed by atoms with van der Waals surface area (Å²) in [6.45, 7) is 50.1. The Morgan fingerprint density at radius 1 is 0.235 bits per heavy atom. The summed E-state index contributed by atoms with van der Waals surface area (Å²) >= 11 is 0. The van der Waals surface area contributed by atoms with Gasteiger partial charge in [-0.3, -0.25) is 0 Å². The van der Waals surface area contributed by atoms with Crippen LogP contribution in [0.25, 0.3) is 0 Å². The van der Waals surface area contributed by atoms with E-state index in [1.807, 2.05) is 18.2 Å². The molecule has 0 radical (unpaired) electrons. The topological polar surface area (TPSA) is 0 Å². The van der Waals surface area contributed by atoms with E-state index >= 15 is 0 Å². The molecule has 0 bridgehead atoms. The van der Waals surface area contributed by atoms with Crippen molar-refractivity contribution in [3.05, 3.63) is 280 Å². The Bertz CT molecular complexity index is 3680. The molecule has 0 unspecified atom stereocenters. The predicted molar refractivity (Wildman–Crippen MR) is 385 cm³/mol.